The zero-order valence-corrected chi connectivity index (χ0v) is 19.6. The van der Waals surface area contributed by atoms with E-state index in [0.29, 0.717) is 5.56 Å². The van der Waals surface area contributed by atoms with Crippen LogP contribution in [0.4, 0.5) is 0 Å². The fourth-order valence-electron chi connectivity index (χ4n) is 3.19. The van der Waals surface area contributed by atoms with Gasteiger partial charge in [-0.3, -0.25) is 9.78 Å². The second kappa shape index (κ2) is 9.63. The van der Waals surface area contributed by atoms with Crippen molar-refractivity contribution < 1.29 is 13.2 Å². The number of aromatic nitrogens is 1. The van der Waals surface area contributed by atoms with Crippen molar-refractivity contribution in [1.82, 2.24) is 15.0 Å². The summed E-state index contributed by atoms with van der Waals surface area (Å²) in [6.07, 6.45) is 3.37. The highest BCUT2D eigenvalue weighted by Gasteiger charge is 2.17. The summed E-state index contributed by atoms with van der Waals surface area (Å²) in [7, 11) is -3.63. The molecule has 0 aliphatic carbocycles. The van der Waals surface area contributed by atoms with E-state index in [1.807, 2.05) is 31.2 Å². The highest BCUT2D eigenvalue weighted by molar-refractivity contribution is 7.89. The Balaban J connectivity index is 1.60. The molecule has 0 saturated heterocycles. The van der Waals surface area contributed by atoms with Crippen LogP contribution in [0.5, 0.6) is 0 Å². The van der Waals surface area contributed by atoms with Crippen LogP contribution in [0.3, 0.4) is 0 Å². The van der Waals surface area contributed by atoms with Crippen LogP contribution in [-0.4, -0.2) is 19.3 Å². The van der Waals surface area contributed by atoms with Gasteiger partial charge < -0.3 is 5.32 Å². The monoisotopic (exact) mass is 451 g/mol. The fourth-order valence-corrected chi connectivity index (χ4v) is 4.20. The first-order chi connectivity index (χ1) is 15.1. The number of carbonyl (C=O) groups is 1. The van der Waals surface area contributed by atoms with Crippen molar-refractivity contribution in [3.63, 3.8) is 0 Å². The van der Waals surface area contributed by atoms with E-state index < -0.39 is 10.0 Å². The van der Waals surface area contributed by atoms with E-state index in [9.17, 15) is 13.2 Å². The van der Waals surface area contributed by atoms with Crippen molar-refractivity contribution in [3.05, 3.63) is 95.3 Å². The first-order valence-corrected chi connectivity index (χ1v) is 11.9. The average Bonchev–Trinajstić information content (AvgIpc) is 2.78. The van der Waals surface area contributed by atoms with Gasteiger partial charge in [0.05, 0.1) is 10.9 Å². The number of benzene rings is 2. The summed E-state index contributed by atoms with van der Waals surface area (Å²) in [4.78, 5) is 16.7. The van der Waals surface area contributed by atoms with E-state index in [4.69, 9.17) is 0 Å². The summed E-state index contributed by atoms with van der Waals surface area (Å²) in [6, 6.07) is 17.4. The SMILES string of the molecule is CC(NC(=O)c1ccc(CNS(=O)(=O)c2ccc(C(C)(C)C)cc2)cc1)c1ccncc1. The molecule has 2 N–H and O–H groups in total. The van der Waals surface area contributed by atoms with Crippen LogP contribution in [0.25, 0.3) is 0 Å². The van der Waals surface area contributed by atoms with Crippen LogP contribution in [0, 0.1) is 0 Å². The lowest BCUT2D eigenvalue weighted by Gasteiger charge is -2.19. The molecule has 0 aliphatic rings. The van der Waals surface area contributed by atoms with E-state index in [0.717, 1.165) is 16.7 Å². The second-order valence-corrected chi connectivity index (χ2v) is 10.5. The van der Waals surface area contributed by atoms with Crippen molar-refractivity contribution in [3.8, 4) is 0 Å². The van der Waals surface area contributed by atoms with Crippen LogP contribution in [-0.2, 0) is 22.0 Å². The Morgan fingerprint density at radius 2 is 1.53 bits per heavy atom. The Kier molecular flexibility index (Phi) is 7.11. The molecule has 6 nitrogen and oxygen atoms in total. The second-order valence-electron chi connectivity index (χ2n) is 8.77. The molecule has 1 aromatic heterocycles. The van der Waals surface area contributed by atoms with Gasteiger partial charge in [0.2, 0.25) is 10.0 Å². The van der Waals surface area contributed by atoms with Crippen LogP contribution in [0.15, 0.2) is 78.0 Å². The van der Waals surface area contributed by atoms with Gasteiger partial charge in [-0.2, -0.15) is 0 Å². The maximum absolute atomic E-state index is 12.6. The van der Waals surface area contributed by atoms with E-state index >= 15 is 0 Å². The predicted octanol–water partition coefficient (Wildman–Crippen LogP) is 4.35. The van der Waals surface area contributed by atoms with Crippen LogP contribution in [0.2, 0.25) is 0 Å². The Morgan fingerprint density at radius 3 is 2.09 bits per heavy atom. The minimum atomic E-state index is -3.63. The highest BCUT2D eigenvalue weighted by Crippen LogP contribution is 2.23. The lowest BCUT2D eigenvalue weighted by atomic mass is 9.87. The minimum Gasteiger partial charge on any atom is -0.346 e. The van der Waals surface area contributed by atoms with E-state index in [-0.39, 0.29) is 28.8 Å². The van der Waals surface area contributed by atoms with Gasteiger partial charge in [0.25, 0.3) is 5.91 Å². The Bertz CT molecular complexity index is 1150. The molecule has 2 aromatic carbocycles. The summed E-state index contributed by atoms with van der Waals surface area (Å²) >= 11 is 0. The van der Waals surface area contributed by atoms with Crippen LogP contribution in [0.1, 0.15) is 60.8 Å². The van der Waals surface area contributed by atoms with E-state index in [2.05, 4.69) is 35.8 Å². The molecule has 0 spiro atoms. The van der Waals surface area contributed by atoms with Gasteiger partial charge in [-0.1, -0.05) is 45.0 Å². The number of nitrogens with zero attached hydrogens (tertiary/aromatic N) is 1. The third-order valence-electron chi connectivity index (χ3n) is 5.27. The molecule has 3 rings (SSSR count). The maximum Gasteiger partial charge on any atom is 0.251 e. The number of nitrogens with one attached hydrogen (secondary N) is 2. The van der Waals surface area contributed by atoms with Gasteiger partial charge >= 0.3 is 0 Å². The smallest absolute Gasteiger partial charge is 0.251 e. The summed E-state index contributed by atoms with van der Waals surface area (Å²) in [5.74, 6) is -0.194. The number of rotatable bonds is 7. The number of hydrogen-bond donors (Lipinski definition) is 2. The third-order valence-corrected chi connectivity index (χ3v) is 6.68. The maximum atomic E-state index is 12.6. The Hall–Kier alpha value is -3.03. The third kappa shape index (κ3) is 6.02. The highest BCUT2D eigenvalue weighted by atomic mass is 32.2. The van der Waals surface area contributed by atoms with E-state index in [1.54, 1.807) is 48.8 Å². The lowest BCUT2D eigenvalue weighted by Crippen LogP contribution is -2.26. The molecule has 0 radical (unpaired) electrons. The lowest BCUT2D eigenvalue weighted by molar-refractivity contribution is 0.0940. The molecule has 1 unspecified atom stereocenters. The molecule has 1 atom stereocenters. The number of amides is 1. The van der Waals surface area contributed by atoms with Crippen molar-refractivity contribution >= 4 is 15.9 Å². The topological polar surface area (TPSA) is 88.2 Å². The standard InChI is InChI=1S/C25H29N3O3S/c1-18(20-13-15-26-16-14-20)28-24(29)21-7-5-19(6-8-21)17-27-32(30,31)23-11-9-22(10-12-23)25(2,3)4/h5-16,18,27H,17H2,1-4H3,(H,28,29). The minimum absolute atomic E-state index is 0.0418. The van der Waals surface area contributed by atoms with Crippen LogP contribution < -0.4 is 10.0 Å². The molecule has 0 saturated carbocycles. The molecule has 0 bridgehead atoms. The molecule has 168 valence electrons. The van der Waals surface area contributed by atoms with Crippen molar-refractivity contribution in [2.45, 2.75) is 50.6 Å². The summed E-state index contributed by atoms with van der Waals surface area (Å²) in [6.45, 7) is 8.29. The normalized spacial score (nSPS) is 12.9. The quantitative estimate of drug-likeness (QED) is 0.559. The number of sulfonamides is 1. The molecule has 32 heavy (non-hydrogen) atoms. The predicted molar refractivity (Wildman–Crippen MR) is 126 cm³/mol. The van der Waals surface area contributed by atoms with Gasteiger partial charge in [-0.25, -0.2) is 13.1 Å². The number of carbonyl (C=O) groups excluding carboxylic acids is 1. The van der Waals surface area contributed by atoms with Gasteiger partial charge in [-0.15, -0.1) is 0 Å². The molecular formula is C25H29N3O3S. The molecule has 7 heteroatoms. The van der Waals surface area contributed by atoms with Gasteiger partial charge in [0.1, 0.15) is 0 Å². The summed E-state index contributed by atoms with van der Waals surface area (Å²) < 4.78 is 27.9. The first-order valence-electron chi connectivity index (χ1n) is 10.5. The molecule has 1 heterocycles. The number of hydrogen-bond acceptors (Lipinski definition) is 4. The zero-order chi connectivity index (χ0) is 23.4. The van der Waals surface area contributed by atoms with E-state index in [1.165, 1.54) is 0 Å². The summed E-state index contributed by atoms with van der Waals surface area (Å²) in [5.41, 5.74) is 3.27. The number of pyridine rings is 1. The van der Waals surface area contributed by atoms with Crippen molar-refractivity contribution in [2.24, 2.45) is 0 Å². The average molecular weight is 452 g/mol. The van der Waals surface area contributed by atoms with Crippen LogP contribution >= 0.6 is 0 Å². The Labute approximate surface area is 190 Å². The first kappa shape index (κ1) is 23.6. The molecular weight excluding hydrogens is 422 g/mol. The Morgan fingerprint density at radius 1 is 0.938 bits per heavy atom. The van der Waals surface area contributed by atoms with Crippen molar-refractivity contribution in [1.29, 1.82) is 0 Å². The molecule has 1 amide bonds. The summed E-state index contributed by atoms with van der Waals surface area (Å²) in [5, 5.41) is 2.95. The van der Waals surface area contributed by atoms with Crippen molar-refractivity contribution in [2.75, 3.05) is 0 Å². The fraction of sp³-hybridized carbons (Fsp3) is 0.280. The molecule has 3 aromatic rings. The largest absolute Gasteiger partial charge is 0.346 e. The van der Waals surface area contributed by atoms with Gasteiger partial charge in [0.15, 0.2) is 0 Å². The zero-order valence-electron chi connectivity index (χ0n) is 18.8. The van der Waals surface area contributed by atoms with Gasteiger partial charge in [0, 0.05) is 24.5 Å². The van der Waals surface area contributed by atoms with Gasteiger partial charge in [-0.05, 0) is 65.4 Å². The molecule has 0 fully saturated rings. The molecule has 0 aliphatic heterocycles.